The van der Waals surface area contributed by atoms with Crippen molar-refractivity contribution in [3.8, 4) is 0 Å². The third-order valence-corrected chi connectivity index (χ3v) is 4.88. The summed E-state index contributed by atoms with van der Waals surface area (Å²) in [4.78, 5) is 31.6. The average Bonchev–Trinajstić information content (AvgIpc) is 2.92. The van der Waals surface area contributed by atoms with Crippen molar-refractivity contribution in [3.05, 3.63) is 27.1 Å². The number of ether oxygens (including phenoxy) is 1. The Kier molecular flexibility index (Phi) is 5.57. The summed E-state index contributed by atoms with van der Waals surface area (Å²) in [6.07, 6.45) is 1.36. The topological polar surface area (TPSA) is 61.2 Å². The molecule has 126 valence electrons. The second-order valence-electron chi connectivity index (χ2n) is 6.07. The molecular weight excluding hydrogens is 312 g/mol. The Morgan fingerprint density at radius 1 is 1.39 bits per heavy atom. The number of esters is 1. The lowest BCUT2D eigenvalue weighted by Crippen LogP contribution is -2.33. The van der Waals surface area contributed by atoms with Crippen LogP contribution in [0.1, 0.15) is 50.9 Å². The molecule has 0 aliphatic carbocycles. The molecule has 0 aliphatic heterocycles. The molecule has 0 radical (unpaired) electrons. The van der Waals surface area contributed by atoms with Crippen LogP contribution in [0.2, 0.25) is 0 Å². The van der Waals surface area contributed by atoms with Crippen LogP contribution in [0.3, 0.4) is 0 Å². The van der Waals surface area contributed by atoms with E-state index in [1.807, 2.05) is 33.8 Å². The van der Waals surface area contributed by atoms with Crippen molar-refractivity contribution in [3.63, 3.8) is 0 Å². The normalized spacial score (nSPS) is 12.8. The minimum absolute atomic E-state index is 0.156. The number of nitrogens with zero attached hydrogens (tertiary/aromatic N) is 2. The van der Waals surface area contributed by atoms with Gasteiger partial charge in [-0.25, -0.2) is 9.78 Å². The highest BCUT2D eigenvalue weighted by Gasteiger charge is 2.25. The molecule has 6 heteroatoms. The van der Waals surface area contributed by atoms with Crippen molar-refractivity contribution in [2.75, 3.05) is 6.61 Å². The Labute approximate surface area is 140 Å². The molecule has 0 N–H and O–H groups in total. The Balaban J connectivity index is 2.47. The summed E-state index contributed by atoms with van der Waals surface area (Å²) in [6, 6.07) is 1.26. The molecule has 0 spiro atoms. The van der Waals surface area contributed by atoms with Crippen molar-refractivity contribution in [1.82, 2.24) is 9.55 Å². The van der Waals surface area contributed by atoms with Crippen LogP contribution in [0.15, 0.2) is 10.9 Å². The van der Waals surface area contributed by atoms with Gasteiger partial charge in [-0.2, -0.15) is 0 Å². The summed E-state index contributed by atoms with van der Waals surface area (Å²) < 4.78 is 6.82. The van der Waals surface area contributed by atoms with E-state index in [9.17, 15) is 9.59 Å². The Morgan fingerprint density at radius 3 is 2.65 bits per heavy atom. The molecule has 0 saturated heterocycles. The van der Waals surface area contributed by atoms with Gasteiger partial charge in [-0.1, -0.05) is 27.7 Å². The quantitative estimate of drug-likeness (QED) is 0.758. The first kappa shape index (κ1) is 17.7. The summed E-state index contributed by atoms with van der Waals surface area (Å²) in [6.45, 7) is 10.0. The van der Waals surface area contributed by atoms with E-state index in [1.165, 1.54) is 15.9 Å². The Bertz CT molecular complexity index is 761. The van der Waals surface area contributed by atoms with Gasteiger partial charge in [0.15, 0.2) is 0 Å². The standard InChI is InChI=1S/C17H24N2O3S/c1-6-12-8-13-15(23-12)18-11(5)19(16(13)20)14(7-2)17(21)22-9-10(3)4/h8,10,14H,6-7,9H2,1-5H3. The first-order valence-electron chi connectivity index (χ1n) is 8.07. The minimum Gasteiger partial charge on any atom is -0.464 e. The number of rotatable bonds is 6. The van der Waals surface area contributed by atoms with Crippen LogP contribution in [-0.2, 0) is 16.0 Å². The van der Waals surface area contributed by atoms with Crippen molar-refractivity contribution < 1.29 is 9.53 Å². The highest BCUT2D eigenvalue weighted by atomic mass is 32.1. The molecule has 0 fully saturated rings. The molecule has 2 rings (SSSR count). The molecule has 2 aromatic rings. The number of hydrogen-bond donors (Lipinski definition) is 0. The fourth-order valence-corrected chi connectivity index (χ4v) is 3.49. The second kappa shape index (κ2) is 7.25. The molecule has 1 atom stereocenters. The SMILES string of the molecule is CCc1cc2c(=O)n(C(CC)C(=O)OCC(C)C)c(C)nc2s1. The second-order valence-corrected chi connectivity index (χ2v) is 7.18. The molecule has 23 heavy (non-hydrogen) atoms. The van der Waals surface area contributed by atoms with Crippen molar-refractivity contribution in [2.24, 2.45) is 5.92 Å². The molecular formula is C17H24N2O3S. The average molecular weight is 336 g/mol. The first-order chi connectivity index (χ1) is 10.9. The van der Waals surface area contributed by atoms with Crippen LogP contribution in [-0.4, -0.2) is 22.1 Å². The van der Waals surface area contributed by atoms with E-state index >= 15 is 0 Å². The number of fused-ring (bicyclic) bond motifs is 1. The van der Waals surface area contributed by atoms with Gasteiger partial charge in [0.05, 0.1) is 12.0 Å². The lowest BCUT2D eigenvalue weighted by Gasteiger charge is -2.19. The molecule has 2 aromatic heterocycles. The minimum atomic E-state index is -0.622. The third kappa shape index (κ3) is 3.63. The van der Waals surface area contributed by atoms with Crippen LogP contribution < -0.4 is 5.56 Å². The Morgan fingerprint density at radius 2 is 2.09 bits per heavy atom. The van der Waals surface area contributed by atoms with Crippen LogP contribution in [0.5, 0.6) is 0 Å². The van der Waals surface area contributed by atoms with E-state index in [0.717, 1.165) is 16.1 Å². The van der Waals surface area contributed by atoms with Gasteiger partial charge >= 0.3 is 5.97 Å². The molecule has 1 unspecified atom stereocenters. The van der Waals surface area contributed by atoms with Crippen molar-refractivity contribution in [1.29, 1.82) is 0 Å². The Hall–Kier alpha value is -1.69. The number of hydrogen-bond acceptors (Lipinski definition) is 5. The fraction of sp³-hybridized carbons (Fsp3) is 0.588. The van der Waals surface area contributed by atoms with Gasteiger partial charge in [0.25, 0.3) is 5.56 Å². The monoisotopic (exact) mass is 336 g/mol. The number of thiophene rings is 1. The maximum atomic E-state index is 12.8. The number of aryl methyl sites for hydroxylation is 2. The zero-order valence-corrected chi connectivity index (χ0v) is 15.2. The van der Waals surface area contributed by atoms with E-state index in [4.69, 9.17) is 4.74 Å². The molecule has 5 nitrogen and oxygen atoms in total. The third-order valence-electron chi connectivity index (χ3n) is 3.70. The van der Waals surface area contributed by atoms with Gasteiger partial charge < -0.3 is 4.74 Å². The smallest absolute Gasteiger partial charge is 0.329 e. The number of carbonyl (C=O) groups excluding carboxylic acids is 1. The molecule has 0 aliphatic rings. The summed E-state index contributed by atoms with van der Waals surface area (Å²) >= 11 is 1.54. The van der Waals surface area contributed by atoms with Crippen LogP contribution in [0, 0.1) is 12.8 Å². The summed E-state index contributed by atoms with van der Waals surface area (Å²) in [5.74, 6) is 0.456. The molecule has 2 heterocycles. The van der Waals surface area contributed by atoms with E-state index in [-0.39, 0.29) is 17.4 Å². The van der Waals surface area contributed by atoms with Gasteiger partial charge in [0.1, 0.15) is 16.7 Å². The van der Waals surface area contributed by atoms with E-state index in [1.54, 1.807) is 6.92 Å². The van der Waals surface area contributed by atoms with Crippen LogP contribution in [0.25, 0.3) is 10.2 Å². The van der Waals surface area contributed by atoms with Gasteiger partial charge in [-0.05, 0) is 31.7 Å². The lowest BCUT2D eigenvalue weighted by molar-refractivity contribution is -0.149. The van der Waals surface area contributed by atoms with Gasteiger partial charge in [-0.3, -0.25) is 9.36 Å². The lowest BCUT2D eigenvalue weighted by atomic mass is 10.2. The number of carbonyl (C=O) groups is 1. The van der Waals surface area contributed by atoms with Crippen LogP contribution >= 0.6 is 11.3 Å². The predicted octanol–water partition coefficient (Wildman–Crippen LogP) is 3.48. The number of aromatic nitrogens is 2. The van der Waals surface area contributed by atoms with Gasteiger partial charge in [0.2, 0.25) is 0 Å². The highest BCUT2D eigenvalue weighted by Crippen LogP contribution is 2.24. The maximum Gasteiger partial charge on any atom is 0.329 e. The van der Waals surface area contributed by atoms with E-state index in [0.29, 0.717) is 24.2 Å². The highest BCUT2D eigenvalue weighted by molar-refractivity contribution is 7.18. The first-order valence-corrected chi connectivity index (χ1v) is 8.88. The fourth-order valence-electron chi connectivity index (χ4n) is 2.49. The van der Waals surface area contributed by atoms with Crippen molar-refractivity contribution in [2.45, 2.75) is 53.5 Å². The van der Waals surface area contributed by atoms with E-state index < -0.39 is 6.04 Å². The van der Waals surface area contributed by atoms with Crippen LogP contribution in [0.4, 0.5) is 0 Å². The largest absolute Gasteiger partial charge is 0.464 e. The molecule has 0 bridgehead atoms. The van der Waals surface area contributed by atoms with E-state index in [2.05, 4.69) is 4.98 Å². The zero-order chi connectivity index (χ0) is 17.1. The summed E-state index contributed by atoms with van der Waals surface area (Å²) in [5, 5.41) is 0.590. The van der Waals surface area contributed by atoms with Crippen molar-refractivity contribution >= 4 is 27.5 Å². The van der Waals surface area contributed by atoms with Gasteiger partial charge in [-0.15, -0.1) is 11.3 Å². The van der Waals surface area contributed by atoms with Gasteiger partial charge in [0, 0.05) is 4.88 Å². The summed E-state index contributed by atoms with van der Waals surface area (Å²) in [5.41, 5.74) is -0.156. The summed E-state index contributed by atoms with van der Waals surface area (Å²) in [7, 11) is 0. The zero-order valence-electron chi connectivity index (χ0n) is 14.4. The molecule has 0 aromatic carbocycles. The molecule has 0 amide bonds. The predicted molar refractivity (Wildman–Crippen MR) is 93.1 cm³/mol. The molecule has 0 saturated carbocycles. The maximum absolute atomic E-state index is 12.8.